The number of carbonyl (C=O) groups is 6. The molecule has 2 rings (SSSR count). The fourth-order valence-electron chi connectivity index (χ4n) is 7.91. The van der Waals surface area contributed by atoms with Crippen LogP contribution in [0.4, 0.5) is 4.79 Å². The number of amides is 4. The van der Waals surface area contributed by atoms with Crippen molar-refractivity contribution in [2.45, 2.75) is 101 Å². The summed E-state index contributed by atoms with van der Waals surface area (Å²) in [6.07, 6.45) is -6.41. The van der Waals surface area contributed by atoms with E-state index in [1.54, 1.807) is 11.8 Å². The van der Waals surface area contributed by atoms with Gasteiger partial charge in [0.15, 0.2) is 24.1 Å². The monoisotopic (exact) mass is 1140 g/mol. The number of nitrogens with zero attached hydrogens (tertiary/aromatic N) is 3. The molecule has 31 nitrogen and oxygen atoms in total. The number of unbranched alkanes of at least 4 members (excludes halogenated alkanes) is 1. The lowest BCUT2D eigenvalue weighted by atomic mass is 9.87. The third-order valence-corrected chi connectivity index (χ3v) is 12.1. The van der Waals surface area contributed by atoms with E-state index in [0.717, 1.165) is 24.3 Å². The molecule has 2 aliphatic heterocycles. The minimum absolute atomic E-state index is 0.00828. The number of hydrogen-bond donors (Lipinski definition) is 13. The highest BCUT2D eigenvalue weighted by Gasteiger charge is 2.46. The first-order valence-corrected chi connectivity index (χ1v) is 25.8. The Morgan fingerprint density at radius 2 is 1.15 bits per heavy atom. The van der Waals surface area contributed by atoms with Crippen LogP contribution in [0.3, 0.4) is 0 Å². The van der Waals surface area contributed by atoms with Crippen molar-refractivity contribution in [1.82, 2.24) is 30.7 Å². The van der Waals surface area contributed by atoms with E-state index in [-0.39, 0.29) is 71.5 Å². The standard InChI is InChI=1S/C48H84N10O21/c1-6-14-71-18-20-74-22-23-75-21-19-72-15-9-37(64)58(13-17-73-16-12-57(5)48(70)79-42(34(63)27-60)40-29(2)31(54-46(49)50)24-35(77-40)44(66)67)11-8-7-10-56(4)38(65)28-76-41(33(62)26-59)43-39(53-30(3)61)32(55-47(51)52)25-36(78-43)45(68)69/h24-25,29,31-34,39-43,59-60,62-63H,6-23,26-28H2,1-5H3,(H,53,61)(H,66,67)(H,68,69)(H4,49,50,54)(H4,51,52,55)/t29-,31+,32+,33-,34-,39-,40-,41-,42-,43-/m1/s1. The molecule has 0 aromatic heterocycles. The van der Waals surface area contributed by atoms with E-state index in [4.69, 9.17) is 64.9 Å². The van der Waals surface area contributed by atoms with E-state index in [0.29, 0.717) is 45.9 Å². The molecule has 0 aromatic rings. The molecule has 0 saturated heterocycles. The van der Waals surface area contributed by atoms with Crippen LogP contribution >= 0.6 is 0 Å². The van der Waals surface area contributed by atoms with Crippen LogP contribution in [0.1, 0.15) is 46.5 Å². The first-order chi connectivity index (χ1) is 37.6. The van der Waals surface area contributed by atoms with Gasteiger partial charge in [-0.25, -0.2) is 14.4 Å². The Labute approximate surface area is 458 Å². The topological polar surface area (TPSA) is 452 Å². The van der Waals surface area contributed by atoms with Crippen LogP contribution in [0.15, 0.2) is 23.7 Å². The number of rotatable bonds is 40. The summed E-state index contributed by atoms with van der Waals surface area (Å²) in [5.41, 5.74) is 11.0. The van der Waals surface area contributed by atoms with Crippen LogP contribution in [0, 0.1) is 16.7 Å². The molecule has 452 valence electrons. The fourth-order valence-corrected chi connectivity index (χ4v) is 7.91. The molecule has 79 heavy (non-hydrogen) atoms. The Morgan fingerprint density at radius 3 is 1.70 bits per heavy atom. The average Bonchev–Trinajstić information content (AvgIpc) is 3.47. The molecule has 0 saturated carbocycles. The number of carboxylic acids is 2. The van der Waals surface area contributed by atoms with E-state index in [1.165, 1.54) is 25.1 Å². The molecule has 0 spiro atoms. The molecule has 0 aliphatic carbocycles. The largest absolute Gasteiger partial charge is 0.479 e. The van der Waals surface area contributed by atoms with Crippen molar-refractivity contribution in [1.29, 1.82) is 10.8 Å². The van der Waals surface area contributed by atoms with Gasteiger partial charge in [0.1, 0.15) is 31.0 Å². The van der Waals surface area contributed by atoms with Crippen LogP contribution in [0.25, 0.3) is 0 Å². The first-order valence-electron chi connectivity index (χ1n) is 25.8. The van der Waals surface area contributed by atoms with Gasteiger partial charge in [-0.05, 0) is 31.4 Å². The Morgan fingerprint density at radius 1 is 0.658 bits per heavy atom. The van der Waals surface area contributed by atoms with E-state index in [9.17, 15) is 59.4 Å². The van der Waals surface area contributed by atoms with Crippen LogP contribution in [-0.4, -0.2) is 274 Å². The fraction of sp³-hybridized carbons (Fsp3) is 0.750. The molecule has 31 heteroatoms. The van der Waals surface area contributed by atoms with Crippen LogP contribution in [-0.2, 0) is 66.6 Å². The molecule has 4 amide bonds. The molecule has 0 unspecified atom stereocenters. The molecular weight excluding hydrogens is 1050 g/mol. The first kappa shape index (κ1) is 68.9. The van der Waals surface area contributed by atoms with E-state index in [2.05, 4.69) is 16.0 Å². The summed E-state index contributed by atoms with van der Waals surface area (Å²) in [7, 11) is 2.86. The van der Waals surface area contributed by atoms with E-state index >= 15 is 0 Å². The van der Waals surface area contributed by atoms with Gasteiger partial charge in [0, 0.05) is 59.7 Å². The molecule has 0 fully saturated rings. The summed E-state index contributed by atoms with van der Waals surface area (Å²) in [4.78, 5) is 80.2. The van der Waals surface area contributed by atoms with Crippen LogP contribution in [0.5, 0.6) is 0 Å². The Hall–Kier alpha value is -6.16. The number of carboxylic acid groups (broad SMARTS) is 2. The third-order valence-electron chi connectivity index (χ3n) is 12.1. The Bertz CT molecular complexity index is 1990. The average molecular weight is 1140 g/mol. The Balaban J connectivity index is 2.05. The number of likely N-dealkylation sites (N-methyl/N-ethyl adjacent to an activating group) is 2. The van der Waals surface area contributed by atoms with Gasteiger partial charge >= 0.3 is 18.0 Å². The van der Waals surface area contributed by atoms with Gasteiger partial charge in [0.25, 0.3) is 0 Å². The van der Waals surface area contributed by atoms with Gasteiger partial charge < -0.3 is 115 Å². The van der Waals surface area contributed by atoms with Gasteiger partial charge in [0.05, 0.1) is 97.2 Å². The second-order valence-corrected chi connectivity index (χ2v) is 18.4. The number of nitrogens with one attached hydrogen (secondary N) is 5. The lowest BCUT2D eigenvalue weighted by Gasteiger charge is -2.41. The van der Waals surface area contributed by atoms with Crippen molar-refractivity contribution in [3.8, 4) is 0 Å². The second kappa shape index (κ2) is 37.7. The zero-order chi connectivity index (χ0) is 59.0. The minimum atomic E-state index is -1.74. The number of carbonyl (C=O) groups excluding carboxylic acids is 4. The van der Waals surface area contributed by atoms with E-state index in [1.807, 2.05) is 6.92 Å². The smallest absolute Gasteiger partial charge is 0.410 e. The van der Waals surface area contributed by atoms with E-state index < -0.39 is 134 Å². The Kier molecular flexibility index (Phi) is 32.9. The predicted octanol–water partition coefficient (Wildman–Crippen LogP) is -3.96. The predicted molar refractivity (Wildman–Crippen MR) is 277 cm³/mol. The quantitative estimate of drug-likeness (QED) is 0.0158. The highest BCUT2D eigenvalue weighted by molar-refractivity contribution is 5.86. The minimum Gasteiger partial charge on any atom is -0.479 e. The molecule has 10 atom stereocenters. The van der Waals surface area contributed by atoms with Gasteiger partial charge in [-0.2, -0.15) is 0 Å². The molecule has 0 bridgehead atoms. The number of aliphatic hydroxyl groups excluding tert-OH is 4. The van der Waals surface area contributed by atoms with Crippen LogP contribution < -0.4 is 27.4 Å². The maximum Gasteiger partial charge on any atom is 0.410 e. The van der Waals surface area contributed by atoms with Gasteiger partial charge in [-0.15, -0.1) is 0 Å². The summed E-state index contributed by atoms with van der Waals surface area (Å²) >= 11 is 0. The number of aliphatic hydroxyl groups is 4. The lowest BCUT2D eigenvalue weighted by molar-refractivity contribution is -0.162. The molecule has 2 heterocycles. The zero-order valence-corrected chi connectivity index (χ0v) is 45.6. The number of guanidine groups is 2. The van der Waals surface area contributed by atoms with Crippen molar-refractivity contribution in [3.63, 3.8) is 0 Å². The number of aliphatic carboxylic acids is 2. The molecule has 0 radical (unpaired) electrons. The maximum absolute atomic E-state index is 13.5. The van der Waals surface area contributed by atoms with Crippen molar-refractivity contribution in [2.75, 3.05) is 126 Å². The normalized spacial score (nSPS) is 20.3. The second-order valence-electron chi connectivity index (χ2n) is 18.4. The highest BCUT2D eigenvalue weighted by Crippen LogP contribution is 2.30. The number of ether oxygens (including phenoxy) is 9. The third kappa shape index (κ3) is 25.7. The number of hydrogen-bond acceptors (Lipinski definition) is 21. The summed E-state index contributed by atoms with van der Waals surface area (Å²) in [5.74, 6) is -7.43. The molecular formula is C48H84N10O21. The summed E-state index contributed by atoms with van der Waals surface area (Å²) in [6.45, 7) is 5.64. The lowest BCUT2D eigenvalue weighted by Crippen LogP contribution is -2.64. The van der Waals surface area contributed by atoms with Crippen molar-refractivity contribution in [3.05, 3.63) is 23.7 Å². The van der Waals surface area contributed by atoms with Crippen molar-refractivity contribution in [2.24, 2.45) is 17.4 Å². The zero-order valence-electron chi connectivity index (χ0n) is 45.6. The summed E-state index contributed by atoms with van der Waals surface area (Å²) < 4.78 is 50.3. The summed E-state index contributed by atoms with van der Waals surface area (Å²) in [5, 5.41) is 83.6. The molecule has 15 N–H and O–H groups in total. The maximum atomic E-state index is 13.5. The van der Waals surface area contributed by atoms with Gasteiger partial charge in [-0.3, -0.25) is 25.2 Å². The van der Waals surface area contributed by atoms with Crippen LogP contribution in [0.2, 0.25) is 0 Å². The summed E-state index contributed by atoms with van der Waals surface area (Å²) in [6, 6.07) is -3.22. The van der Waals surface area contributed by atoms with Gasteiger partial charge in [0.2, 0.25) is 29.2 Å². The van der Waals surface area contributed by atoms with Crippen molar-refractivity contribution < 1.29 is 102 Å². The molecule has 2 aliphatic rings. The molecule has 0 aromatic carbocycles. The SMILES string of the molecule is CCCOCCOCCOCCOCCC(=O)N(CCCCN(C)C(=O)CO[C@@H]([C@@H]1OC(C(=O)O)=C[C@H](NC(=N)N)[C@H]1NC(C)=O)[C@H](O)CO)CCOCCN(C)C(=O)O[C@@H]([C@@H]1OC(C(=O)O)=C[C@H](NC(=N)N)[C@H]1C)[C@H](O)CO. The highest BCUT2D eigenvalue weighted by atomic mass is 16.6. The van der Waals surface area contributed by atoms with Crippen molar-refractivity contribution >= 4 is 47.7 Å². The number of nitrogens with two attached hydrogens (primary N) is 2. The van der Waals surface area contributed by atoms with Gasteiger partial charge in [-0.1, -0.05) is 13.8 Å².